The maximum absolute atomic E-state index is 6.26. The Balaban J connectivity index is 1.97. The maximum Gasteiger partial charge on any atom is 0.197 e. The maximum atomic E-state index is 6.26. The molecule has 1 atom stereocenters. The molecule has 1 aliphatic rings. The van der Waals surface area contributed by atoms with Crippen molar-refractivity contribution < 1.29 is 4.42 Å². The van der Waals surface area contributed by atoms with E-state index in [1.54, 1.807) is 6.26 Å². The molecule has 0 bridgehead atoms. The van der Waals surface area contributed by atoms with Crippen molar-refractivity contribution >= 4 is 11.6 Å². The van der Waals surface area contributed by atoms with Crippen LogP contribution in [0.5, 0.6) is 0 Å². The Hall–Kier alpha value is -0.470. The third kappa shape index (κ3) is 2.44. The molecule has 1 unspecified atom stereocenters. The number of furan rings is 1. The van der Waals surface area contributed by atoms with Gasteiger partial charge < -0.3 is 10.2 Å². The van der Waals surface area contributed by atoms with Gasteiger partial charge in [0.15, 0.2) is 5.22 Å². The summed E-state index contributed by atoms with van der Waals surface area (Å²) in [6, 6.07) is 1.95. The molecular weight excluding hydrogens is 222 g/mol. The van der Waals surface area contributed by atoms with E-state index in [1.807, 2.05) is 6.07 Å². The summed E-state index contributed by atoms with van der Waals surface area (Å²) in [5.74, 6) is 1.47. The summed E-state index contributed by atoms with van der Waals surface area (Å²) < 4.78 is 5.10. The minimum atomic E-state index is 0.0454. The van der Waals surface area contributed by atoms with Gasteiger partial charge >= 0.3 is 0 Å². The first-order valence-corrected chi connectivity index (χ1v) is 6.58. The summed E-state index contributed by atoms with van der Waals surface area (Å²) in [6.45, 7) is 2.28. The molecule has 90 valence electrons. The van der Waals surface area contributed by atoms with Crippen LogP contribution in [0.3, 0.4) is 0 Å². The van der Waals surface area contributed by atoms with Gasteiger partial charge in [-0.1, -0.05) is 26.2 Å². The van der Waals surface area contributed by atoms with E-state index in [1.165, 1.54) is 32.1 Å². The Morgan fingerprint density at radius 3 is 2.62 bits per heavy atom. The van der Waals surface area contributed by atoms with Crippen LogP contribution in [0.1, 0.15) is 50.6 Å². The van der Waals surface area contributed by atoms with Gasteiger partial charge in [0.05, 0.1) is 6.26 Å². The van der Waals surface area contributed by atoms with Crippen LogP contribution in [-0.2, 0) is 0 Å². The average molecular weight is 242 g/mol. The number of halogens is 1. The van der Waals surface area contributed by atoms with E-state index in [2.05, 4.69) is 6.92 Å². The minimum Gasteiger partial charge on any atom is -0.453 e. The third-order valence-electron chi connectivity index (χ3n) is 3.98. The highest BCUT2D eigenvalue weighted by molar-refractivity contribution is 6.29. The Bertz CT molecular complexity index is 328. The van der Waals surface area contributed by atoms with E-state index in [0.29, 0.717) is 11.1 Å². The van der Waals surface area contributed by atoms with Gasteiger partial charge in [0.1, 0.15) is 0 Å². The van der Waals surface area contributed by atoms with Crippen molar-refractivity contribution in [2.45, 2.75) is 45.1 Å². The lowest BCUT2D eigenvalue weighted by molar-refractivity contribution is 0.239. The van der Waals surface area contributed by atoms with Crippen LogP contribution in [0.4, 0.5) is 0 Å². The highest BCUT2D eigenvalue weighted by Crippen LogP contribution is 2.38. The van der Waals surface area contributed by atoms with Gasteiger partial charge in [-0.05, 0) is 42.3 Å². The van der Waals surface area contributed by atoms with Crippen LogP contribution in [0, 0.1) is 11.8 Å². The summed E-state index contributed by atoms with van der Waals surface area (Å²) in [7, 11) is 0. The first kappa shape index (κ1) is 12.0. The summed E-state index contributed by atoms with van der Waals surface area (Å²) in [5, 5.41) is 0.463. The van der Waals surface area contributed by atoms with Crippen LogP contribution in [-0.4, -0.2) is 0 Å². The van der Waals surface area contributed by atoms with Crippen molar-refractivity contribution in [2.24, 2.45) is 17.6 Å². The van der Waals surface area contributed by atoms with Crippen molar-refractivity contribution in [1.82, 2.24) is 0 Å². The SMILES string of the molecule is CCC1CCC(C(N)c2ccoc2Cl)CC1. The molecule has 1 saturated carbocycles. The van der Waals surface area contributed by atoms with Gasteiger partial charge in [0, 0.05) is 11.6 Å². The molecule has 1 aliphatic carbocycles. The smallest absolute Gasteiger partial charge is 0.197 e. The van der Waals surface area contributed by atoms with Crippen molar-refractivity contribution in [3.63, 3.8) is 0 Å². The molecule has 0 radical (unpaired) electrons. The summed E-state index contributed by atoms with van der Waals surface area (Å²) in [6.07, 6.45) is 7.99. The molecule has 0 spiro atoms. The lowest BCUT2D eigenvalue weighted by Gasteiger charge is -2.31. The monoisotopic (exact) mass is 241 g/mol. The number of nitrogens with two attached hydrogens (primary N) is 1. The summed E-state index contributed by atoms with van der Waals surface area (Å²) in [4.78, 5) is 0. The zero-order chi connectivity index (χ0) is 11.5. The van der Waals surface area contributed by atoms with E-state index >= 15 is 0 Å². The lowest BCUT2D eigenvalue weighted by Crippen LogP contribution is -2.25. The summed E-state index contributed by atoms with van der Waals surface area (Å²) in [5.41, 5.74) is 7.23. The molecule has 0 saturated heterocycles. The first-order chi connectivity index (χ1) is 7.72. The van der Waals surface area contributed by atoms with E-state index in [-0.39, 0.29) is 6.04 Å². The molecule has 0 amide bonds. The second kappa shape index (κ2) is 5.24. The minimum absolute atomic E-state index is 0.0454. The molecule has 2 rings (SSSR count). The van der Waals surface area contributed by atoms with Crippen molar-refractivity contribution in [3.05, 3.63) is 23.1 Å². The molecule has 2 N–H and O–H groups in total. The molecule has 1 heterocycles. The van der Waals surface area contributed by atoms with Gasteiger partial charge in [-0.3, -0.25) is 0 Å². The topological polar surface area (TPSA) is 39.2 Å². The van der Waals surface area contributed by atoms with Crippen LogP contribution in [0.15, 0.2) is 16.7 Å². The molecular formula is C13H20ClNO. The van der Waals surface area contributed by atoms with Gasteiger partial charge in [0.2, 0.25) is 0 Å². The van der Waals surface area contributed by atoms with Crippen molar-refractivity contribution in [1.29, 1.82) is 0 Å². The van der Waals surface area contributed by atoms with Crippen molar-refractivity contribution in [3.8, 4) is 0 Å². The average Bonchev–Trinajstić information content (AvgIpc) is 2.75. The third-order valence-corrected chi connectivity index (χ3v) is 4.29. The fraction of sp³-hybridized carbons (Fsp3) is 0.692. The molecule has 0 aromatic carbocycles. The molecule has 1 aromatic heterocycles. The quantitative estimate of drug-likeness (QED) is 0.864. The molecule has 16 heavy (non-hydrogen) atoms. The van der Waals surface area contributed by atoms with E-state index in [9.17, 15) is 0 Å². The highest BCUT2D eigenvalue weighted by Gasteiger charge is 2.27. The normalized spacial score (nSPS) is 27.9. The first-order valence-electron chi connectivity index (χ1n) is 6.20. The van der Waals surface area contributed by atoms with Gasteiger partial charge in [-0.25, -0.2) is 0 Å². The van der Waals surface area contributed by atoms with Gasteiger partial charge in [-0.15, -0.1) is 0 Å². The van der Waals surface area contributed by atoms with Crippen molar-refractivity contribution in [2.75, 3.05) is 0 Å². The molecule has 1 fully saturated rings. The van der Waals surface area contributed by atoms with Gasteiger partial charge in [0.25, 0.3) is 0 Å². The zero-order valence-corrected chi connectivity index (χ0v) is 10.5. The second-order valence-corrected chi connectivity index (χ2v) is 5.21. The fourth-order valence-electron chi connectivity index (χ4n) is 2.75. The van der Waals surface area contributed by atoms with Crippen LogP contribution < -0.4 is 5.73 Å². The fourth-order valence-corrected chi connectivity index (χ4v) is 2.99. The largest absolute Gasteiger partial charge is 0.453 e. The second-order valence-electron chi connectivity index (χ2n) is 4.86. The highest BCUT2D eigenvalue weighted by atomic mass is 35.5. The van der Waals surface area contributed by atoms with Crippen LogP contribution in [0.2, 0.25) is 5.22 Å². The molecule has 3 heteroatoms. The van der Waals surface area contributed by atoms with Crippen LogP contribution in [0.25, 0.3) is 0 Å². The lowest BCUT2D eigenvalue weighted by atomic mass is 9.76. The number of hydrogen-bond donors (Lipinski definition) is 1. The molecule has 1 aromatic rings. The summed E-state index contributed by atoms with van der Waals surface area (Å²) >= 11 is 5.96. The Kier molecular flexibility index (Phi) is 3.93. The standard InChI is InChI=1S/C13H20ClNO/c1-2-9-3-5-10(6-4-9)12(15)11-7-8-16-13(11)14/h7-10,12H,2-6,15H2,1H3. The zero-order valence-electron chi connectivity index (χ0n) is 9.79. The van der Waals surface area contributed by atoms with Crippen LogP contribution >= 0.6 is 11.6 Å². The number of hydrogen-bond acceptors (Lipinski definition) is 2. The number of rotatable bonds is 3. The predicted molar refractivity (Wildman–Crippen MR) is 66.4 cm³/mol. The molecule has 0 aliphatic heterocycles. The Labute approximate surface area is 102 Å². The Morgan fingerprint density at radius 1 is 1.44 bits per heavy atom. The van der Waals surface area contributed by atoms with E-state index in [0.717, 1.165) is 11.5 Å². The molecule has 2 nitrogen and oxygen atoms in total. The Morgan fingerprint density at radius 2 is 2.12 bits per heavy atom. The van der Waals surface area contributed by atoms with E-state index in [4.69, 9.17) is 21.8 Å². The van der Waals surface area contributed by atoms with Gasteiger partial charge in [-0.2, -0.15) is 0 Å². The predicted octanol–water partition coefficient (Wildman–Crippen LogP) is 4.15. The van der Waals surface area contributed by atoms with E-state index < -0.39 is 0 Å².